The Kier molecular flexibility index (Phi) is 3.95. The van der Waals surface area contributed by atoms with E-state index < -0.39 is 0 Å². The Labute approximate surface area is 103 Å². The molecule has 0 spiro atoms. The Morgan fingerprint density at radius 3 is 2.94 bits per heavy atom. The van der Waals surface area contributed by atoms with Gasteiger partial charge in [-0.25, -0.2) is 0 Å². The van der Waals surface area contributed by atoms with E-state index in [0.29, 0.717) is 18.8 Å². The molecule has 2 heteroatoms. The number of ketones is 1. The van der Waals surface area contributed by atoms with Gasteiger partial charge in [0.05, 0.1) is 6.61 Å². The lowest BCUT2D eigenvalue weighted by Crippen LogP contribution is -2.26. The summed E-state index contributed by atoms with van der Waals surface area (Å²) in [6, 6.07) is 6.30. The molecular formula is C15H20O2. The van der Waals surface area contributed by atoms with E-state index in [1.54, 1.807) is 0 Å². The smallest absolute Gasteiger partial charge is 0.142 e. The van der Waals surface area contributed by atoms with Crippen LogP contribution in [0.4, 0.5) is 0 Å². The highest BCUT2D eigenvalue weighted by Gasteiger charge is 2.22. The van der Waals surface area contributed by atoms with Crippen molar-refractivity contribution in [1.29, 1.82) is 0 Å². The standard InChI is InChI=1S/C15H20O2/c1-11-5-6-12(2)14(8-11)9-15(16)13-4-3-7-17-10-13/h5-6,8,13H,3-4,7,9-10H2,1-2H3. The van der Waals surface area contributed by atoms with Crippen molar-refractivity contribution < 1.29 is 9.53 Å². The van der Waals surface area contributed by atoms with Gasteiger partial charge in [0.1, 0.15) is 5.78 Å². The van der Waals surface area contributed by atoms with Gasteiger partial charge in [0, 0.05) is 18.9 Å². The lowest BCUT2D eigenvalue weighted by molar-refractivity contribution is -0.126. The number of carbonyl (C=O) groups excluding carboxylic acids is 1. The van der Waals surface area contributed by atoms with Gasteiger partial charge in [-0.1, -0.05) is 23.8 Å². The molecule has 0 saturated carbocycles. The fraction of sp³-hybridized carbons (Fsp3) is 0.533. The summed E-state index contributed by atoms with van der Waals surface area (Å²) in [4.78, 5) is 12.2. The molecule has 1 heterocycles. The molecule has 1 unspecified atom stereocenters. The van der Waals surface area contributed by atoms with Gasteiger partial charge in [0.25, 0.3) is 0 Å². The van der Waals surface area contributed by atoms with Crippen molar-refractivity contribution in [2.75, 3.05) is 13.2 Å². The average molecular weight is 232 g/mol. The topological polar surface area (TPSA) is 26.3 Å². The number of rotatable bonds is 3. The molecule has 0 bridgehead atoms. The van der Waals surface area contributed by atoms with Crippen LogP contribution in [0.2, 0.25) is 0 Å². The van der Waals surface area contributed by atoms with Crippen LogP contribution >= 0.6 is 0 Å². The van der Waals surface area contributed by atoms with Gasteiger partial charge >= 0.3 is 0 Å². The number of aryl methyl sites for hydroxylation is 2. The zero-order valence-corrected chi connectivity index (χ0v) is 10.7. The molecule has 0 aromatic heterocycles. The van der Waals surface area contributed by atoms with Gasteiger partial charge < -0.3 is 4.74 Å². The molecule has 1 aromatic rings. The second-order valence-corrected chi connectivity index (χ2v) is 4.99. The molecule has 17 heavy (non-hydrogen) atoms. The molecule has 2 nitrogen and oxygen atoms in total. The molecule has 1 aromatic carbocycles. The first kappa shape index (κ1) is 12.3. The minimum atomic E-state index is 0.115. The quantitative estimate of drug-likeness (QED) is 0.801. The maximum absolute atomic E-state index is 12.2. The molecule has 0 amide bonds. The first-order chi connectivity index (χ1) is 8.16. The van der Waals surface area contributed by atoms with Gasteiger partial charge in [-0.2, -0.15) is 0 Å². The van der Waals surface area contributed by atoms with Crippen molar-refractivity contribution in [1.82, 2.24) is 0 Å². The minimum Gasteiger partial charge on any atom is -0.381 e. The Bertz CT molecular complexity index is 403. The molecular weight excluding hydrogens is 212 g/mol. The van der Waals surface area contributed by atoms with Crippen LogP contribution in [0, 0.1) is 19.8 Å². The molecule has 2 rings (SSSR count). The predicted octanol–water partition coefficient (Wildman–Crippen LogP) is 2.84. The number of Topliss-reactive ketones (excluding diaryl/α,β-unsaturated/α-hetero) is 1. The Morgan fingerprint density at radius 2 is 2.24 bits per heavy atom. The van der Waals surface area contributed by atoms with Crippen molar-refractivity contribution in [3.63, 3.8) is 0 Å². The summed E-state index contributed by atoms with van der Waals surface area (Å²) in [6.45, 7) is 5.56. The van der Waals surface area contributed by atoms with Crippen molar-refractivity contribution in [3.8, 4) is 0 Å². The fourth-order valence-electron chi connectivity index (χ4n) is 2.32. The number of benzene rings is 1. The van der Waals surface area contributed by atoms with Crippen molar-refractivity contribution >= 4 is 5.78 Å². The van der Waals surface area contributed by atoms with Gasteiger partial charge in [-0.15, -0.1) is 0 Å². The van der Waals surface area contributed by atoms with E-state index >= 15 is 0 Å². The zero-order chi connectivity index (χ0) is 12.3. The Balaban J connectivity index is 2.04. The van der Waals surface area contributed by atoms with Crippen LogP contribution in [-0.4, -0.2) is 19.0 Å². The summed E-state index contributed by atoms with van der Waals surface area (Å²) in [7, 11) is 0. The summed E-state index contributed by atoms with van der Waals surface area (Å²) in [5.41, 5.74) is 3.60. The van der Waals surface area contributed by atoms with Crippen LogP contribution in [0.5, 0.6) is 0 Å². The normalized spacial score (nSPS) is 20.2. The summed E-state index contributed by atoms with van der Waals surface area (Å²) in [6.07, 6.45) is 2.56. The fourth-order valence-corrected chi connectivity index (χ4v) is 2.32. The molecule has 92 valence electrons. The molecule has 0 aliphatic carbocycles. The van der Waals surface area contributed by atoms with E-state index in [2.05, 4.69) is 32.0 Å². The number of hydrogen-bond donors (Lipinski definition) is 0. The van der Waals surface area contributed by atoms with E-state index in [4.69, 9.17) is 4.74 Å². The lowest BCUT2D eigenvalue weighted by Gasteiger charge is -2.21. The van der Waals surface area contributed by atoms with Crippen LogP contribution in [0.15, 0.2) is 18.2 Å². The SMILES string of the molecule is Cc1ccc(C)c(CC(=O)C2CCCOC2)c1. The lowest BCUT2D eigenvalue weighted by atomic mass is 9.91. The number of ether oxygens (including phenoxy) is 1. The monoisotopic (exact) mass is 232 g/mol. The largest absolute Gasteiger partial charge is 0.381 e. The summed E-state index contributed by atoms with van der Waals surface area (Å²) in [5.74, 6) is 0.446. The maximum Gasteiger partial charge on any atom is 0.142 e. The molecule has 0 N–H and O–H groups in total. The van der Waals surface area contributed by atoms with E-state index in [9.17, 15) is 4.79 Å². The Hall–Kier alpha value is -1.15. The van der Waals surface area contributed by atoms with Gasteiger partial charge in [-0.3, -0.25) is 4.79 Å². The van der Waals surface area contributed by atoms with Crippen molar-refractivity contribution in [3.05, 3.63) is 34.9 Å². The maximum atomic E-state index is 12.2. The summed E-state index contributed by atoms with van der Waals surface area (Å²) >= 11 is 0. The highest BCUT2D eigenvalue weighted by atomic mass is 16.5. The van der Waals surface area contributed by atoms with Gasteiger partial charge in [0.15, 0.2) is 0 Å². The summed E-state index contributed by atoms with van der Waals surface area (Å²) in [5, 5.41) is 0. The van der Waals surface area contributed by atoms with Crippen LogP contribution in [-0.2, 0) is 16.0 Å². The van der Waals surface area contributed by atoms with Crippen LogP contribution in [0.3, 0.4) is 0 Å². The van der Waals surface area contributed by atoms with Crippen molar-refractivity contribution in [2.24, 2.45) is 5.92 Å². The second kappa shape index (κ2) is 5.46. The zero-order valence-electron chi connectivity index (χ0n) is 10.7. The summed E-state index contributed by atoms with van der Waals surface area (Å²) < 4.78 is 5.37. The molecule has 1 aliphatic rings. The van der Waals surface area contributed by atoms with E-state index in [1.807, 2.05) is 0 Å². The third-order valence-electron chi connectivity index (χ3n) is 3.48. The molecule has 1 aliphatic heterocycles. The predicted molar refractivity (Wildman–Crippen MR) is 68.2 cm³/mol. The third-order valence-corrected chi connectivity index (χ3v) is 3.48. The van der Waals surface area contributed by atoms with Crippen LogP contribution < -0.4 is 0 Å². The van der Waals surface area contributed by atoms with E-state index in [1.165, 1.54) is 16.7 Å². The van der Waals surface area contributed by atoms with Crippen molar-refractivity contribution in [2.45, 2.75) is 33.1 Å². The second-order valence-electron chi connectivity index (χ2n) is 4.99. The van der Waals surface area contributed by atoms with Crippen LogP contribution in [0.1, 0.15) is 29.5 Å². The first-order valence-electron chi connectivity index (χ1n) is 6.33. The highest BCUT2D eigenvalue weighted by Crippen LogP contribution is 2.19. The highest BCUT2D eigenvalue weighted by molar-refractivity contribution is 5.83. The number of hydrogen-bond acceptors (Lipinski definition) is 2. The Morgan fingerprint density at radius 1 is 1.41 bits per heavy atom. The minimum absolute atomic E-state index is 0.115. The molecule has 1 fully saturated rings. The van der Waals surface area contributed by atoms with Gasteiger partial charge in [0.2, 0.25) is 0 Å². The van der Waals surface area contributed by atoms with E-state index in [-0.39, 0.29) is 5.92 Å². The third kappa shape index (κ3) is 3.16. The van der Waals surface area contributed by atoms with Crippen LogP contribution in [0.25, 0.3) is 0 Å². The van der Waals surface area contributed by atoms with E-state index in [0.717, 1.165) is 19.4 Å². The molecule has 1 atom stereocenters. The molecule has 1 saturated heterocycles. The molecule has 0 radical (unpaired) electrons. The van der Waals surface area contributed by atoms with Gasteiger partial charge in [-0.05, 0) is 37.8 Å². The average Bonchev–Trinajstić information content (AvgIpc) is 2.35. The first-order valence-corrected chi connectivity index (χ1v) is 6.33. The number of carbonyl (C=O) groups is 1.